The number of carboxylic acids is 1. The van der Waals surface area contributed by atoms with Gasteiger partial charge in [-0.05, 0) is 17.7 Å². The van der Waals surface area contributed by atoms with Gasteiger partial charge >= 0.3 is 5.97 Å². The van der Waals surface area contributed by atoms with E-state index in [2.05, 4.69) is 36.5 Å². The molecule has 0 atom stereocenters. The molecule has 0 radical (unpaired) electrons. The first-order valence-electron chi connectivity index (χ1n) is 7.34. The van der Waals surface area contributed by atoms with Crippen LogP contribution in [0.2, 0.25) is 0 Å². The number of benzene rings is 1. The number of hydrogen-bond donors (Lipinski definition) is 2. The average Bonchev–Trinajstić information content (AvgIpc) is 2.93. The van der Waals surface area contributed by atoms with Gasteiger partial charge in [-0.2, -0.15) is 0 Å². The molecule has 0 spiro atoms. The molecule has 1 aromatic carbocycles. The van der Waals surface area contributed by atoms with E-state index >= 15 is 0 Å². The zero-order chi connectivity index (χ0) is 16.2. The topological polar surface area (TPSA) is 62.2 Å². The van der Waals surface area contributed by atoms with Crippen molar-refractivity contribution in [3.8, 4) is 0 Å². The Morgan fingerprint density at radius 1 is 1.27 bits per heavy atom. The lowest BCUT2D eigenvalue weighted by Crippen LogP contribution is -2.17. The van der Waals surface area contributed by atoms with Crippen molar-refractivity contribution in [3.05, 3.63) is 51.5 Å². The van der Waals surface area contributed by atoms with Crippen molar-refractivity contribution in [2.24, 2.45) is 0 Å². The monoisotopic (exact) mass is 318 g/mol. The Morgan fingerprint density at radius 2 is 1.95 bits per heavy atom. The van der Waals surface area contributed by atoms with Crippen molar-refractivity contribution in [3.63, 3.8) is 0 Å². The van der Waals surface area contributed by atoms with Gasteiger partial charge in [0.2, 0.25) is 0 Å². The van der Waals surface area contributed by atoms with Gasteiger partial charge in [0.15, 0.2) is 0 Å². The third-order valence-corrected chi connectivity index (χ3v) is 4.60. The van der Waals surface area contributed by atoms with E-state index in [1.165, 1.54) is 5.01 Å². The van der Waals surface area contributed by atoms with Crippen molar-refractivity contribution in [2.45, 2.75) is 39.2 Å². The van der Waals surface area contributed by atoms with E-state index in [4.69, 9.17) is 5.11 Å². The highest BCUT2D eigenvalue weighted by Crippen LogP contribution is 2.25. The summed E-state index contributed by atoms with van der Waals surface area (Å²) in [5.74, 6) is -0.891. The van der Waals surface area contributed by atoms with Crippen LogP contribution in [0.3, 0.4) is 0 Å². The Hall–Kier alpha value is -1.72. The largest absolute Gasteiger partial charge is 0.478 e. The summed E-state index contributed by atoms with van der Waals surface area (Å²) in [5.41, 5.74) is 2.64. The molecule has 0 bridgehead atoms. The number of carboxylic acid groups (broad SMARTS) is 1. The van der Waals surface area contributed by atoms with E-state index in [1.54, 1.807) is 23.5 Å². The predicted octanol–water partition coefficient (Wildman–Crippen LogP) is 3.47. The first kappa shape index (κ1) is 16.6. The maximum atomic E-state index is 10.8. The van der Waals surface area contributed by atoms with E-state index in [1.807, 2.05) is 12.1 Å². The molecule has 0 aliphatic carbocycles. The summed E-state index contributed by atoms with van der Waals surface area (Å²) in [6.07, 6.45) is 0.903. The molecule has 2 aromatic rings. The molecule has 0 saturated carbocycles. The zero-order valence-corrected chi connectivity index (χ0v) is 14.0. The average molecular weight is 318 g/mol. The maximum Gasteiger partial charge on any atom is 0.335 e. The van der Waals surface area contributed by atoms with Crippen molar-refractivity contribution in [2.75, 3.05) is 6.54 Å². The summed E-state index contributed by atoms with van der Waals surface area (Å²) >= 11 is 1.72. The Balaban J connectivity index is 1.77. The van der Waals surface area contributed by atoms with Gasteiger partial charge in [0.1, 0.15) is 0 Å². The summed E-state index contributed by atoms with van der Waals surface area (Å²) in [6, 6.07) is 6.96. The number of rotatable bonds is 6. The second-order valence-corrected chi connectivity index (χ2v) is 7.18. The van der Waals surface area contributed by atoms with Gasteiger partial charge in [-0.25, -0.2) is 9.78 Å². The zero-order valence-electron chi connectivity index (χ0n) is 13.2. The molecule has 2 rings (SSSR count). The molecule has 0 fully saturated rings. The standard InChI is InChI=1S/C17H22N2O2S/c1-17(2,3)16-19-14(11-22-16)8-9-18-10-12-4-6-13(7-5-12)15(20)21/h4-7,11,18H,8-10H2,1-3H3,(H,20,21). The number of hydrogen-bond acceptors (Lipinski definition) is 4. The summed E-state index contributed by atoms with van der Waals surface area (Å²) < 4.78 is 0. The fraction of sp³-hybridized carbons (Fsp3) is 0.412. The molecular formula is C17H22N2O2S. The number of thiazole rings is 1. The van der Waals surface area contributed by atoms with Gasteiger partial charge in [0.05, 0.1) is 16.3 Å². The summed E-state index contributed by atoms with van der Waals surface area (Å²) in [7, 11) is 0. The van der Waals surface area contributed by atoms with Crippen LogP contribution in [0.15, 0.2) is 29.6 Å². The number of nitrogens with zero attached hydrogens (tertiary/aromatic N) is 1. The van der Waals surface area contributed by atoms with E-state index < -0.39 is 5.97 Å². The van der Waals surface area contributed by atoms with Crippen LogP contribution in [-0.2, 0) is 18.4 Å². The normalized spacial score (nSPS) is 11.6. The minimum Gasteiger partial charge on any atom is -0.478 e. The van der Waals surface area contributed by atoms with Crippen LogP contribution in [0.1, 0.15) is 47.4 Å². The number of carbonyl (C=O) groups is 1. The van der Waals surface area contributed by atoms with E-state index in [-0.39, 0.29) is 5.41 Å². The second kappa shape index (κ2) is 7.03. The molecule has 2 N–H and O–H groups in total. The van der Waals surface area contributed by atoms with Crippen LogP contribution in [-0.4, -0.2) is 22.6 Å². The molecule has 0 unspecified atom stereocenters. The lowest BCUT2D eigenvalue weighted by Gasteiger charge is -2.13. The smallest absolute Gasteiger partial charge is 0.335 e. The highest BCUT2D eigenvalue weighted by Gasteiger charge is 2.17. The van der Waals surface area contributed by atoms with Crippen molar-refractivity contribution >= 4 is 17.3 Å². The van der Waals surface area contributed by atoms with Crippen molar-refractivity contribution in [1.82, 2.24) is 10.3 Å². The van der Waals surface area contributed by atoms with E-state index in [0.717, 1.165) is 30.8 Å². The number of aromatic carboxylic acids is 1. The van der Waals surface area contributed by atoms with Gasteiger partial charge in [-0.15, -0.1) is 11.3 Å². The molecule has 1 heterocycles. The molecule has 0 aliphatic heterocycles. The minimum atomic E-state index is -0.891. The lowest BCUT2D eigenvalue weighted by molar-refractivity contribution is 0.0697. The Bertz CT molecular complexity index is 627. The molecule has 0 saturated heterocycles. The molecule has 0 amide bonds. The van der Waals surface area contributed by atoms with Crippen LogP contribution < -0.4 is 5.32 Å². The van der Waals surface area contributed by atoms with E-state index in [9.17, 15) is 4.79 Å². The Kier molecular flexibility index (Phi) is 5.32. The summed E-state index contributed by atoms with van der Waals surface area (Å²) in [4.78, 5) is 15.5. The fourth-order valence-electron chi connectivity index (χ4n) is 1.98. The van der Waals surface area contributed by atoms with Gasteiger partial charge in [-0.3, -0.25) is 0 Å². The fourth-order valence-corrected chi connectivity index (χ4v) is 2.92. The van der Waals surface area contributed by atoms with Gasteiger partial charge < -0.3 is 10.4 Å². The Morgan fingerprint density at radius 3 is 2.50 bits per heavy atom. The Labute approximate surface area is 135 Å². The third-order valence-electron chi connectivity index (χ3n) is 3.28. The molecule has 5 heteroatoms. The quantitative estimate of drug-likeness (QED) is 0.801. The van der Waals surface area contributed by atoms with Gasteiger partial charge in [-0.1, -0.05) is 32.9 Å². The van der Waals surface area contributed by atoms with Crippen LogP contribution in [0.4, 0.5) is 0 Å². The molecule has 4 nitrogen and oxygen atoms in total. The lowest BCUT2D eigenvalue weighted by atomic mass is 9.98. The van der Waals surface area contributed by atoms with Crippen LogP contribution in [0.25, 0.3) is 0 Å². The second-order valence-electron chi connectivity index (χ2n) is 6.32. The highest BCUT2D eigenvalue weighted by atomic mass is 32.1. The first-order chi connectivity index (χ1) is 10.4. The van der Waals surface area contributed by atoms with Crippen LogP contribution in [0.5, 0.6) is 0 Å². The summed E-state index contributed by atoms with van der Waals surface area (Å²) in [6.45, 7) is 8.11. The van der Waals surface area contributed by atoms with Crippen LogP contribution in [0, 0.1) is 0 Å². The maximum absolute atomic E-state index is 10.8. The van der Waals surface area contributed by atoms with Gasteiger partial charge in [0, 0.05) is 30.3 Å². The highest BCUT2D eigenvalue weighted by molar-refractivity contribution is 7.09. The van der Waals surface area contributed by atoms with Gasteiger partial charge in [0.25, 0.3) is 0 Å². The predicted molar refractivity (Wildman–Crippen MR) is 89.6 cm³/mol. The molecular weight excluding hydrogens is 296 g/mol. The van der Waals surface area contributed by atoms with Crippen molar-refractivity contribution < 1.29 is 9.90 Å². The SMILES string of the molecule is CC(C)(C)c1nc(CCNCc2ccc(C(=O)O)cc2)cs1. The summed E-state index contributed by atoms with van der Waals surface area (Å²) in [5, 5.41) is 15.5. The van der Waals surface area contributed by atoms with E-state index in [0.29, 0.717) is 5.56 Å². The molecule has 1 aromatic heterocycles. The minimum absolute atomic E-state index is 0.113. The first-order valence-corrected chi connectivity index (χ1v) is 8.22. The third kappa shape index (κ3) is 4.64. The van der Waals surface area contributed by atoms with Crippen molar-refractivity contribution in [1.29, 1.82) is 0 Å². The molecule has 118 valence electrons. The number of aromatic nitrogens is 1. The molecule has 22 heavy (non-hydrogen) atoms. The molecule has 0 aliphatic rings. The van der Waals surface area contributed by atoms with Crippen LogP contribution >= 0.6 is 11.3 Å². The number of nitrogens with one attached hydrogen (secondary N) is 1.